The standard InChI is InChI=1S/C17H21NO3/c1-12(2)15-4-3-11-18(15)17(21)14-8-5-13(6-9-14)7-10-16(19)20/h5-10,12,15H,3-4,11H2,1-2H3,(H,19,20). The summed E-state index contributed by atoms with van der Waals surface area (Å²) >= 11 is 0. The van der Waals surface area contributed by atoms with Crippen LogP contribution in [-0.2, 0) is 4.79 Å². The Morgan fingerprint density at radius 3 is 2.52 bits per heavy atom. The van der Waals surface area contributed by atoms with Crippen LogP contribution in [0, 0.1) is 5.92 Å². The number of carbonyl (C=O) groups is 2. The summed E-state index contributed by atoms with van der Waals surface area (Å²) < 4.78 is 0. The number of aliphatic carboxylic acids is 1. The lowest BCUT2D eigenvalue weighted by atomic mass is 10.0. The molecule has 4 heteroatoms. The SMILES string of the molecule is CC(C)C1CCCN1C(=O)c1ccc(C=CC(=O)O)cc1. The van der Waals surface area contributed by atoms with Crippen LogP contribution < -0.4 is 0 Å². The second-order valence-corrected chi connectivity index (χ2v) is 5.75. The fourth-order valence-electron chi connectivity index (χ4n) is 2.81. The summed E-state index contributed by atoms with van der Waals surface area (Å²) in [6.45, 7) is 5.12. The molecule has 1 unspecified atom stereocenters. The second-order valence-electron chi connectivity index (χ2n) is 5.75. The molecule has 1 fully saturated rings. The molecule has 112 valence electrons. The summed E-state index contributed by atoms with van der Waals surface area (Å²) in [6, 6.07) is 7.39. The zero-order chi connectivity index (χ0) is 15.4. The third-order valence-electron chi connectivity index (χ3n) is 3.91. The summed E-state index contributed by atoms with van der Waals surface area (Å²) in [5.74, 6) is -0.443. The zero-order valence-corrected chi connectivity index (χ0v) is 12.5. The first-order valence-corrected chi connectivity index (χ1v) is 7.31. The Morgan fingerprint density at radius 1 is 1.29 bits per heavy atom. The summed E-state index contributed by atoms with van der Waals surface area (Å²) in [6.07, 6.45) is 4.74. The van der Waals surface area contributed by atoms with Gasteiger partial charge >= 0.3 is 5.97 Å². The van der Waals surface area contributed by atoms with Crippen molar-refractivity contribution in [1.82, 2.24) is 4.90 Å². The van der Waals surface area contributed by atoms with Gasteiger partial charge in [0.05, 0.1) is 0 Å². The van der Waals surface area contributed by atoms with Gasteiger partial charge in [-0.15, -0.1) is 0 Å². The smallest absolute Gasteiger partial charge is 0.328 e. The molecule has 1 aliphatic heterocycles. The molecule has 21 heavy (non-hydrogen) atoms. The topological polar surface area (TPSA) is 57.6 Å². The molecule has 0 bridgehead atoms. The first-order valence-electron chi connectivity index (χ1n) is 7.31. The molecule has 1 heterocycles. The molecule has 0 spiro atoms. The molecule has 1 aliphatic rings. The number of nitrogens with zero attached hydrogens (tertiary/aromatic N) is 1. The highest BCUT2D eigenvalue weighted by atomic mass is 16.4. The van der Waals surface area contributed by atoms with E-state index < -0.39 is 5.97 Å². The van der Waals surface area contributed by atoms with Gasteiger partial charge in [-0.2, -0.15) is 0 Å². The van der Waals surface area contributed by atoms with Crippen molar-refractivity contribution in [1.29, 1.82) is 0 Å². The average molecular weight is 287 g/mol. The third kappa shape index (κ3) is 3.72. The molecular formula is C17H21NO3. The van der Waals surface area contributed by atoms with Crippen molar-refractivity contribution in [2.24, 2.45) is 5.92 Å². The van der Waals surface area contributed by atoms with Gasteiger partial charge in [-0.3, -0.25) is 4.79 Å². The van der Waals surface area contributed by atoms with Crippen molar-refractivity contribution in [3.63, 3.8) is 0 Å². The number of rotatable bonds is 4. The summed E-state index contributed by atoms with van der Waals surface area (Å²) in [7, 11) is 0. The van der Waals surface area contributed by atoms with Gasteiger partial charge in [0, 0.05) is 24.2 Å². The average Bonchev–Trinajstić information content (AvgIpc) is 2.94. The van der Waals surface area contributed by atoms with E-state index >= 15 is 0 Å². The second kappa shape index (κ2) is 6.57. The van der Waals surface area contributed by atoms with E-state index in [4.69, 9.17) is 5.11 Å². The van der Waals surface area contributed by atoms with Crippen LogP contribution >= 0.6 is 0 Å². The number of hydrogen-bond donors (Lipinski definition) is 1. The molecular weight excluding hydrogens is 266 g/mol. The normalized spacial score (nSPS) is 18.6. The predicted octanol–water partition coefficient (Wildman–Crippen LogP) is 3.05. The highest BCUT2D eigenvalue weighted by Crippen LogP contribution is 2.25. The Bertz CT molecular complexity index is 546. The third-order valence-corrected chi connectivity index (χ3v) is 3.91. The lowest BCUT2D eigenvalue weighted by molar-refractivity contribution is -0.131. The largest absolute Gasteiger partial charge is 0.478 e. The Hall–Kier alpha value is -2.10. The molecule has 1 saturated heterocycles. The van der Waals surface area contributed by atoms with E-state index in [1.807, 2.05) is 4.90 Å². The Morgan fingerprint density at radius 2 is 1.95 bits per heavy atom. The molecule has 1 N–H and O–H groups in total. The van der Waals surface area contributed by atoms with Gasteiger partial charge in [0.15, 0.2) is 0 Å². The molecule has 4 nitrogen and oxygen atoms in total. The van der Waals surface area contributed by atoms with E-state index in [0.29, 0.717) is 17.5 Å². The first kappa shape index (κ1) is 15.3. The summed E-state index contributed by atoms with van der Waals surface area (Å²) in [4.78, 5) is 25.0. The molecule has 1 atom stereocenters. The maximum absolute atomic E-state index is 12.6. The van der Waals surface area contributed by atoms with Gasteiger partial charge in [-0.25, -0.2) is 4.79 Å². The molecule has 1 aromatic carbocycles. The van der Waals surface area contributed by atoms with E-state index in [2.05, 4.69) is 13.8 Å². The van der Waals surface area contributed by atoms with Crippen LogP contribution in [0.5, 0.6) is 0 Å². The van der Waals surface area contributed by atoms with E-state index in [9.17, 15) is 9.59 Å². The van der Waals surface area contributed by atoms with Crippen LogP contribution in [0.15, 0.2) is 30.3 Å². The maximum Gasteiger partial charge on any atom is 0.328 e. The highest BCUT2D eigenvalue weighted by Gasteiger charge is 2.31. The van der Waals surface area contributed by atoms with Crippen molar-refractivity contribution in [2.75, 3.05) is 6.54 Å². The van der Waals surface area contributed by atoms with Crippen LogP contribution in [0.3, 0.4) is 0 Å². The van der Waals surface area contributed by atoms with E-state index in [-0.39, 0.29) is 5.91 Å². The quantitative estimate of drug-likeness (QED) is 0.866. The zero-order valence-electron chi connectivity index (χ0n) is 12.5. The van der Waals surface area contributed by atoms with Crippen molar-refractivity contribution in [3.05, 3.63) is 41.5 Å². The van der Waals surface area contributed by atoms with Crippen molar-refractivity contribution in [3.8, 4) is 0 Å². The van der Waals surface area contributed by atoms with Gasteiger partial charge in [0.25, 0.3) is 5.91 Å². The molecule has 1 aromatic rings. The number of likely N-dealkylation sites (tertiary alicyclic amines) is 1. The molecule has 0 aromatic heterocycles. The van der Waals surface area contributed by atoms with Gasteiger partial charge in [-0.05, 0) is 42.5 Å². The number of amides is 1. The lowest BCUT2D eigenvalue weighted by Crippen LogP contribution is -2.38. The molecule has 0 aliphatic carbocycles. The molecule has 2 rings (SSSR count). The van der Waals surface area contributed by atoms with Crippen molar-refractivity contribution in [2.45, 2.75) is 32.7 Å². The lowest BCUT2D eigenvalue weighted by Gasteiger charge is -2.27. The first-order chi connectivity index (χ1) is 9.99. The van der Waals surface area contributed by atoms with E-state index in [1.165, 1.54) is 6.08 Å². The Balaban J connectivity index is 2.11. The number of benzene rings is 1. The Kier molecular flexibility index (Phi) is 4.78. The van der Waals surface area contributed by atoms with Crippen LogP contribution in [-0.4, -0.2) is 34.5 Å². The molecule has 0 saturated carbocycles. The fourth-order valence-corrected chi connectivity index (χ4v) is 2.81. The Labute approximate surface area is 125 Å². The van der Waals surface area contributed by atoms with Crippen LogP contribution in [0.1, 0.15) is 42.6 Å². The van der Waals surface area contributed by atoms with Crippen molar-refractivity contribution < 1.29 is 14.7 Å². The molecule has 1 amide bonds. The van der Waals surface area contributed by atoms with Crippen molar-refractivity contribution >= 4 is 18.0 Å². The minimum atomic E-state index is -0.980. The maximum atomic E-state index is 12.6. The summed E-state index contributed by atoms with van der Waals surface area (Å²) in [5, 5.41) is 8.59. The minimum Gasteiger partial charge on any atom is -0.478 e. The highest BCUT2D eigenvalue weighted by molar-refractivity contribution is 5.95. The predicted molar refractivity (Wildman–Crippen MR) is 82.0 cm³/mol. The number of carboxylic acids is 1. The number of carbonyl (C=O) groups excluding carboxylic acids is 1. The van der Waals surface area contributed by atoms with E-state index in [1.54, 1.807) is 24.3 Å². The minimum absolute atomic E-state index is 0.0694. The number of carboxylic acid groups (broad SMARTS) is 1. The summed E-state index contributed by atoms with van der Waals surface area (Å²) in [5.41, 5.74) is 1.44. The van der Waals surface area contributed by atoms with Crippen LogP contribution in [0.25, 0.3) is 6.08 Å². The van der Waals surface area contributed by atoms with Gasteiger partial charge in [0.1, 0.15) is 0 Å². The number of hydrogen-bond acceptors (Lipinski definition) is 2. The monoisotopic (exact) mass is 287 g/mol. The van der Waals surface area contributed by atoms with Gasteiger partial charge < -0.3 is 10.0 Å². The van der Waals surface area contributed by atoms with Crippen LogP contribution in [0.2, 0.25) is 0 Å². The van der Waals surface area contributed by atoms with Crippen LogP contribution in [0.4, 0.5) is 0 Å². The molecule has 0 radical (unpaired) electrons. The van der Waals surface area contributed by atoms with Gasteiger partial charge in [0.2, 0.25) is 0 Å². The van der Waals surface area contributed by atoms with Gasteiger partial charge in [-0.1, -0.05) is 26.0 Å². The fraction of sp³-hybridized carbons (Fsp3) is 0.412. The van der Waals surface area contributed by atoms with E-state index in [0.717, 1.165) is 31.0 Å².